The summed E-state index contributed by atoms with van der Waals surface area (Å²) in [6.07, 6.45) is 3.33. The van der Waals surface area contributed by atoms with Crippen molar-refractivity contribution in [1.29, 1.82) is 0 Å². The van der Waals surface area contributed by atoms with Crippen molar-refractivity contribution in [3.8, 4) is 11.5 Å². The van der Waals surface area contributed by atoms with Gasteiger partial charge in [-0.1, -0.05) is 24.6 Å². The van der Waals surface area contributed by atoms with Crippen molar-refractivity contribution in [1.82, 2.24) is 14.9 Å². The van der Waals surface area contributed by atoms with Gasteiger partial charge < -0.3 is 20.1 Å². The fraction of sp³-hybridized carbons (Fsp3) is 0.300. The fourth-order valence-corrected chi connectivity index (χ4v) is 5.58. The highest BCUT2D eigenvalue weighted by atomic mass is 32.2. The first-order valence-corrected chi connectivity index (χ1v) is 14.7. The van der Waals surface area contributed by atoms with Crippen LogP contribution in [0.4, 0.5) is 28.7 Å². The van der Waals surface area contributed by atoms with Crippen molar-refractivity contribution in [2.45, 2.75) is 32.2 Å². The Morgan fingerprint density at radius 2 is 1.71 bits per heavy atom. The second-order valence-electron chi connectivity index (χ2n) is 10.0. The van der Waals surface area contributed by atoms with Crippen LogP contribution in [-0.4, -0.2) is 62.9 Å². The fourth-order valence-electron chi connectivity index (χ4n) is 5.01. The maximum atomic E-state index is 12.9. The Hall–Kier alpha value is -4.26. The van der Waals surface area contributed by atoms with Crippen LogP contribution in [0.5, 0.6) is 11.5 Å². The Balaban J connectivity index is 1.50. The molecule has 12 heteroatoms. The first kappa shape index (κ1) is 29.2. The van der Waals surface area contributed by atoms with E-state index in [9.17, 15) is 13.6 Å². The quantitative estimate of drug-likeness (QED) is 0.206. The van der Waals surface area contributed by atoms with E-state index < -0.39 is 11.3 Å². The summed E-state index contributed by atoms with van der Waals surface area (Å²) in [5.41, 5.74) is 2.55. The average Bonchev–Trinajstić information content (AvgIpc) is 2.98. The van der Waals surface area contributed by atoms with Gasteiger partial charge in [0.05, 0.1) is 37.5 Å². The molecule has 1 fully saturated rings. The zero-order valence-corrected chi connectivity index (χ0v) is 24.6. The van der Waals surface area contributed by atoms with E-state index >= 15 is 0 Å². The SMILES string of the molecule is COc1cc(Nc2nc3ccccc3nc2N(c2cccc(NC(=O)CN3CCCCC3C)c2)S(=O)O)cc(OC)c1. The van der Waals surface area contributed by atoms with Gasteiger partial charge in [-0.25, -0.2) is 18.5 Å². The van der Waals surface area contributed by atoms with Crippen molar-refractivity contribution >= 4 is 56.9 Å². The average molecular weight is 591 g/mol. The van der Waals surface area contributed by atoms with Crippen LogP contribution < -0.4 is 24.4 Å². The molecule has 5 rings (SSSR count). The highest BCUT2D eigenvalue weighted by Gasteiger charge is 2.24. The van der Waals surface area contributed by atoms with E-state index in [2.05, 4.69) is 22.5 Å². The van der Waals surface area contributed by atoms with Gasteiger partial charge in [0.15, 0.2) is 11.6 Å². The lowest BCUT2D eigenvalue weighted by Crippen LogP contribution is -2.42. The number of rotatable bonds is 10. The Labute approximate surface area is 247 Å². The first-order valence-electron chi connectivity index (χ1n) is 13.7. The Morgan fingerprint density at radius 1 is 1.00 bits per heavy atom. The smallest absolute Gasteiger partial charge is 0.268 e. The van der Waals surface area contributed by atoms with Gasteiger partial charge in [-0.05, 0) is 56.6 Å². The highest BCUT2D eigenvalue weighted by Crippen LogP contribution is 2.36. The van der Waals surface area contributed by atoms with Crippen LogP contribution in [0, 0.1) is 0 Å². The van der Waals surface area contributed by atoms with Gasteiger partial charge in [-0.3, -0.25) is 14.2 Å². The molecule has 3 aromatic carbocycles. The summed E-state index contributed by atoms with van der Waals surface area (Å²) in [7, 11) is 3.10. The number of piperidine rings is 1. The lowest BCUT2D eigenvalue weighted by atomic mass is 10.0. The van der Waals surface area contributed by atoms with E-state index in [-0.39, 0.29) is 24.1 Å². The highest BCUT2D eigenvalue weighted by molar-refractivity contribution is 7.81. The summed E-state index contributed by atoms with van der Waals surface area (Å²) in [6.45, 7) is 3.32. The van der Waals surface area contributed by atoms with Crippen molar-refractivity contribution < 1.29 is 23.0 Å². The Bertz CT molecular complexity index is 1580. The van der Waals surface area contributed by atoms with E-state index in [1.807, 2.05) is 18.2 Å². The minimum absolute atomic E-state index is 0.113. The standard InChI is InChI=1S/C30H34N6O5S/c1-20-9-6-7-14-35(20)19-28(37)31-21-10-8-11-23(15-21)36(42(38)39)30-29(33-26-12-4-5-13-27(26)34-30)32-22-16-24(40-2)18-25(17-22)41-3/h4-5,8,10-13,15-18,20H,6-7,9,14,19H2,1-3H3,(H,31,37)(H,32,33)(H,38,39). The minimum Gasteiger partial charge on any atom is -0.497 e. The molecule has 220 valence electrons. The number of nitrogens with zero attached hydrogens (tertiary/aromatic N) is 4. The number of aromatic nitrogens is 2. The van der Waals surface area contributed by atoms with Gasteiger partial charge in [0, 0.05) is 35.6 Å². The Kier molecular flexibility index (Phi) is 9.15. The predicted octanol–water partition coefficient (Wildman–Crippen LogP) is 5.48. The molecule has 3 N–H and O–H groups in total. The maximum absolute atomic E-state index is 12.9. The number of fused-ring (bicyclic) bond motifs is 1. The minimum atomic E-state index is -2.54. The molecule has 1 saturated heterocycles. The molecule has 2 unspecified atom stereocenters. The number of hydrogen-bond donors (Lipinski definition) is 3. The maximum Gasteiger partial charge on any atom is 0.268 e. The van der Waals surface area contributed by atoms with E-state index in [1.54, 1.807) is 62.8 Å². The summed E-state index contributed by atoms with van der Waals surface area (Å²) in [5.74, 6) is 1.31. The summed E-state index contributed by atoms with van der Waals surface area (Å²) >= 11 is -2.54. The largest absolute Gasteiger partial charge is 0.497 e. The molecule has 1 aromatic heterocycles. The molecule has 42 heavy (non-hydrogen) atoms. The van der Waals surface area contributed by atoms with Crippen molar-refractivity contribution in [2.75, 3.05) is 42.2 Å². The molecule has 0 spiro atoms. The molecule has 1 aliphatic rings. The topological polar surface area (TPSA) is 129 Å². The molecular weight excluding hydrogens is 556 g/mol. The van der Waals surface area contributed by atoms with E-state index in [4.69, 9.17) is 19.4 Å². The van der Waals surface area contributed by atoms with Crippen LogP contribution in [-0.2, 0) is 16.1 Å². The zero-order chi connectivity index (χ0) is 29.6. The number of para-hydroxylation sites is 2. The van der Waals surface area contributed by atoms with E-state index in [1.165, 1.54) is 6.42 Å². The molecule has 11 nitrogen and oxygen atoms in total. The molecule has 0 radical (unpaired) electrons. The van der Waals surface area contributed by atoms with Gasteiger partial charge in [0.25, 0.3) is 11.3 Å². The zero-order valence-electron chi connectivity index (χ0n) is 23.7. The lowest BCUT2D eigenvalue weighted by molar-refractivity contribution is -0.118. The second kappa shape index (κ2) is 13.1. The van der Waals surface area contributed by atoms with Crippen molar-refractivity contribution in [3.63, 3.8) is 0 Å². The second-order valence-corrected chi connectivity index (χ2v) is 10.9. The number of anilines is 5. The number of methoxy groups -OCH3 is 2. The molecule has 2 heterocycles. The molecule has 0 aliphatic carbocycles. The van der Waals surface area contributed by atoms with E-state index in [0.29, 0.717) is 45.6 Å². The summed E-state index contributed by atoms with van der Waals surface area (Å²) in [5, 5.41) is 6.16. The molecular formula is C30H34N6O5S. The van der Waals surface area contributed by atoms with E-state index in [0.717, 1.165) is 23.7 Å². The predicted molar refractivity (Wildman–Crippen MR) is 165 cm³/mol. The normalized spacial score (nSPS) is 16.0. The number of carbonyl (C=O) groups is 1. The van der Waals surface area contributed by atoms with Crippen molar-refractivity contribution in [3.05, 3.63) is 66.7 Å². The third-order valence-corrected chi connectivity index (χ3v) is 7.86. The summed E-state index contributed by atoms with van der Waals surface area (Å²) in [4.78, 5) is 24.5. The number of nitrogens with one attached hydrogen (secondary N) is 2. The van der Waals surface area contributed by atoms with Crippen LogP contribution >= 0.6 is 0 Å². The monoisotopic (exact) mass is 590 g/mol. The molecule has 1 aliphatic heterocycles. The van der Waals surface area contributed by atoms with Crippen LogP contribution in [0.3, 0.4) is 0 Å². The molecule has 1 amide bonds. The number of benzene rings is 3. The van der Waals surface area contributed by atoms with Crippen molar-refractivity contribution in [2.24, 2.45) is 0 Å². The van der Waals surface area contributed by atoms with Gasteiger partial charge in [0.2, 0.25) is 5.91 Å². The van der Waals surface area contributed by atoms with Crippen LogP contribution in [0.15, 0.2) is 66.7 Å². The van der Waals surface area contributed by atoms with Crippen LogP contribution in [0.25, 0.3) is 11.0 Å². The lowest BCUT2D eigenvalue weighted by Gasteiger charge is -2.32. The van der Waals surface area contributed by atoms with Crippen LogP contribution in [0.2, 0.25) is 0 Å². The van der Waals surface area contributed by atoms with Gasteiger partial charge in [-0.15, -0.1) is 0 Å². The van der Waals surface area contributed by atoms with Gasteiger partial charge >= 0.3 is 0 Å². The van der Waals surface area contributed by atoms with Gasteiger partial charge in [-0.2, -0.15) is 0 Å². The number of likely N-dealkylation sites (tertiary alicyclic amines) is 1. The number of carbonyl (C=O) groups excluding carboxylic acids is 1. The molecule has 4 aromatic rings. The Morgan fingerprint density at radius 3 is 2.38 bits per heavy atom. The number of ether oxygens (including phenoxy) is 2. The number of amides is 1. The van der Waals surface area contributed by atoms with Gasteiger partial charge in [0.1, 0.15) is 11.5 Å². The molecule has 2 atom stereocenters. The third kappa shape index (κ3) is 6.78. The third-order valence-electron chi connectivity index (χ3n) is 7.17. The molecule has 0 bridgehead atoms. The number of hydrogen-bond acceptors (Lipinski definition) is 8. The molecule has 0 saturated carbocycles. The van der Waals surface area contributed by atoms with Crippen LogP contribution in [0.1, 0.15) is 26.2 Å². The summed E-state index contributed by atoms with van der Waals surface area (Å²) < 4.78 is 35.4. The summed E-state index contributed by atoms with van der Waals surface area (Å²) in [6, 6.07) is 19.6. The first-order chi connectivity index (χ1) is 20.3.